The second-order valence-electron chi connectivity index (χ2n) is 6.47. The van der Waals surface area contributed by atoms with Crippen LogP contribution in [0.25, 0.3) is 0 Å². The number of hydrogen-bond donors (Lipinski definition) is 1. The molecule has 0 aliphatic carbocycles. The van der Waals surface area contributed by atoms with Crippen LogP contribution in [0.5, 0.6) is 0 Å². The van der Waals surface area contributed by atoms with Gasteiger partial charge in [0.2, 0.25) is 10.0 Å². The lowest BCUT2D eigenvalue weighted by Crippen LogP contribution is -2.28. The zero-order valence-corrected chi connectivity index (χ0v) is 16.7. The van der Waals surface area contributed by atoms with Crippen molar-refractivity contribution in [2.75, 3.05) is 17.8 Å². The van der Waals surface area contributed by atoms with Gasteiger partial charge in [0.15, 0.2) is 0 Å². The molecular weight excluding hydrogens is 406 g/mol. The van der Waals surface area contributed by atoms with Crippen LogP contribution in [-0.2, 0) is 20.0 Å². The zero-order valence-electron chi connectivity index (χ0n) is 15.0. The van der Waals surface area contributed by atoms with Gasteiger partial charge in [-0.3, -0.25) is 14.8 Å². The van der Waals surface area contributed by atoms with Crippen molar-refractivity contribution < 1.29 is 21.8 Å². The molecular formula is C17H19N3O6S2. The van der Waals surface area contributed by atoms with Gasteiger partial charge in [0, 0.05) is 19.2 Å². The Morgan fingerprint density at radius 2 is 1.54 bits per heavy atom. The molecule has 9 nitrogen and oxygen atoms in total. The summed E-state index contributed by atoms with van der Waals surface area (Å²) in [6.07, 6.45) is 1.46. The summed E-state index contributed by atoms with van der Waals surface area (Å²) in [6, 6.07) is 9.15. The van der Waals surface area contributed by atoms with Crippen molar-refractivity contribution in [3.63, 3.8) is 0 Å². The molecule has 11 heteroatoms. The smallest absolute Gasteiger partial charge is 0.273 e. The van der Waals surface area contributed by atoms with E-state index in [2.05, 4.69) is 4.72 Å². The molecule has 0 atom stereocenters. The standard InChI is InChI=1S/C17H19N3O6S2/c1-13-4-6-14(7-5-13)27(23,24)18-16-9-8-15(12-17(16)20(21)22)28(25,26)19-10-2-3-11-19/h4-9,12,18H,2-3,10-11H2,1H3. The Kier molecular flexibility index (Phi) is 5.41. The molecule has 0 saturated carbocycles. The number of nitro benzene ring substituents is 1. The lowest BCUT2D eigenvalue weighted by atomic mass is 10.2. The van der Waals surface area contributed by atoms with E-state index < -0.39 is 30.7 Å². The van der Waals surface area contributed by atoms with E-state index in [1.807, 2.05) is 0 Å². The fraction of sp³-hybridized carbons (Fsp3) is 0.294. The first-order valence-electron chi connectivity index (χ1n) is 8.49. The summed E-state index contributed by atoms with van der Waals surface area (Å²) >= 11 is 0. The molecule has 1 N–H and O–H groups in total. The van der Waals surface area contributed by atoms with E-state index in [0.29, 0.717) is 13.1 Å². The van der Waals surface area contributed by atoms with Gasteiger partial charge in [-0.25, -0.2) is 16.8 Å². The van der Waals surface area contributed by atoms with Crippen molar-refractivity contribution in [2.45, 2.75) is 29.6 Å². The number of anilines is 1. The lowest BCUT2D eigenvalue weighted by molar-refractivity contribution is -0.384. The fourth-order valence-corrected chi connectivity index (χ4v) is 5.52. The first-order chi connectivity index (χ1) is 13.1. The average Bonchev–Trinajstić information content (AvgIpc) is 3.17. The summed E-state index contributed by atoms with van der Waals surface area (Å²) in [6.45, 7) is 2.52. The minimum absolute atomic E-state index is 0.0545. The van der Waals surface area contributed by atoms with E-state index in [9.17, 15) is 26.9 Å². The highest BCUT2D eigenvalue weighted by Crippen LogP contribution is 2.31. The number of nitro groups is 1. The second-order valence-corrected chi connectivity index (χ2v) is 10.1. The van der Waals surface area contributed by atoms with E-state index in [-0.39, 0.29) is 15.5 Å². The monoisotopic (exact) mass is 425 g/mol. The van der Waals surface area contributed by atoms with Crippen LogP contribution in [-0.4, -0.2) is 39.2 Å². The van der Waals surface area contributed by atoms with Gasteiger partial charge in [-0.05, 0) is 44.0 Å². The highest BCUT2D eigenvalue weighted by atomic mass is 32.2. The fourth-order valence-electron chi connectivity index (χ4n) is 2.91. The molecule has 1 heterocycles. The number of benzene rings is 2. The molecule has 2 aromatic carbocycles. The molecule has 1 aliphatic heterocycles. The summed E-state index contributed by atoms with van der Waals surface area (Å²) < 4.78 is 53.7. The van der Waals surface area contributed by atoms with Crippen LogP contribution in [0.1, 0.15) is 18.4 Å². The lowest BCUT2D eigenvalue weighted by Gasteiger charge is -2.16. The van der Waals surface area contributed by atoms with Crippen molar-refractivity contribution in [3.05, 3.63) is 58.1 Å². The summed E-state index contributed by atoms with van der Waals surface area (Å²) in [4.78, 5) is 10.4. The minimum atomic E-state index is -4.06. The van der Waals surface area contributed by atoms with Crippen LogP contribution >= 0.6 is 0 Å². The Labute approximate surface area is 163 Å². The van der Waals surface area contributed by atoms with Crippen LogP contribution in [0, 0.1) is 17.0 Å². The number of hydrogen-bond acceptors (Lipinski definition) is 6. The third-order valence-electron chi connectivity index (χ3n) is 4.44. The zero-order chi connectivity index (χ0) is 20.5. The van der Waals surface area contributed by atoms with Crippen molar-refractivity contribution in [1.82, 2.24) is 4.31 Å². The van der Waals surface area contributed by atoms with Gasteiger partial charge in [-0.2, -0.15) is 4.31 Å². The first kappa shape index (κ1) is 20.2. The molecule has 28 heavy (non-hydrogen) atoms. The molecule has 0 radical (unpaired) electrons. The van der Waals surface area contributed by atoms with Crippen LogP contribution in [0.15, 0.2) is 52.3 Å². The highest BCUT2D eigenvalue weighted by Gasteiger charge is 2.30. The Morgan fingerprint density at radius 3 is 2.11 bits per heavy atom. The van der Waals surface area contributed by atoms with Gasteiger partial charge < -0.3 is 0 Å². The maximum atomic E-state index is 12.6. The largest absolute Gasteiger partial charge is 0.294 e. The Bertz CT molecular complexity index is 1110. The normalized spacial score (nSPS) is 15.5. The summed E-state index contributed by atoms with van der Waals surface area (Å²) in [7, 11) is -7.92. The van der Waals surface area contributed by atoms with Crippen LogP contribution in [0.2, 0.25) is 0 Å². The molecule has 3 rings (SSSR count). The van der Waals surface area contributed by atoms with Gasteiger partial charge in [0.1, 0.15) is 5.69 Å². The predicted octanol–water partition coefficient (Wildman–Crippen LogP) is 2.49. The van der Waals surface area contributed by atoms with Crippen LogP contribution in [0.4, 0.5) is 11.4 Å². The molecule has 150 valence electrons. The minimum Gasteiger partial charge on any atom is -0.273 e. The number of nitrogens with zero attached hydrogens (tertiary/aromatic N) is 2. The third kappa shape index (κ3) is 4.01. The van der Waals surface area contributed by atoms with E-state index in [4.69, 9.17) is 0 Å². The van der Waals surface area contributed by atoms with Crippen molar-refractivity contribution in [1.29, 1.82) is 0 Å². The van der Waals surface area contributed by atoms with Gasteiger partial charge in [0.25, 0.3) is 15.7 Å². The Morgan fingerprint density at radius 1 is 0.964 bits per heavy atom. The van der Waals surface area contributed by atoms with E-state index >= 15 is 0 Å². The molecule has 0 bridgehead atoms. The molecule has 0 amide bonds. The molecule has 0 spiro atoms. The Hall–Kier alpha value is -2.50. The quantitative estimate of drug-likeness (QED) is 0.560. The summed E-state index contributed by atoms with van der Waals surface area (Å²) in [5, 5.41) is 11.5. The van der Waals surface area contributed by atoms with E-state index in [1.165, 1.54) is 22.5 Å². The van der Waals surface area contributed by atoms with E-state index in [0.717, 1.165) is 30.5 Å². The second kappa shape index (κ2) is 7.49. The maximum absolute atomic E-state index is 12.6. The Balaban J connectivity index is 1.98. The summed E-state index contributed by atoms with van der Waals surface area (Å²) in [5.74, 6) is 0. The first-order valence-corrected chi connectivity index (χ1v) is 11.4. The van der Waals surface area contributed by atoms with Gasteiger partial charge in [0.05, 0.1) is 14.7 Å². The topological polar surface area (TPSA) is 127 Å². The third-order valence-corrected chi connectivity index (χ3v) is 7.72. The number of rotatable bonds is 6. The highest BCUT2D eigenvalue weighted by molar-refractivity contribution is 7.92. The molecule has 1 fully saturated rings. The van der Waals surface area contributed by atoms with Gasteiger partial charge in [-0.1, -0.05) is 17.7 Å². The van der Waals surface area contributed by atoms with E-state index in [1.54, 1.807) is 19.1 Å². The van der Waals surface area contributed by atoms with Crippen molar-refractivity contribution >= 4 is 31.4 Å². The molecule has 2 aromatic rings. The average molecular weight is 425 g/mol. The molecule has 1 aliphatic rings. The molecule has 1 saturated heterocycles. The van der Waals surface area contributed by atoms with Crippen molar-refractivity contribution in [2.24, 2.45) is 0 Å². The number of sulfonamides is 2. The summed E-state index contributed by atoms with van der Waals surface area (Å²) in [5.41, 5.74) is -0.0664. The van der Waals surface area contributed by atoms with Crippen LogP contribution in [0.3, 0.4) is 0 Å². The molecule has 0 aromatic heterocycles. The van der Waals surface area contributed by atoms with Gasteiger partial charge >= 0.3 is 0 Å². The van der Waals surface area contributed by atoms with Gasteiger partial charge in [-0.15, -0.1) is 0 Å². The molecule has 0 unspecified atom stereocenters. The SMILES string of the molecule is Cc1ccc(S(=O)(=O)Nc2ccc(S(=O)(=O)N3CCCC3)cc2[N+](=O)[O-])cc1. The predicted molar refractivity (Wildman–Crippen MR) is 103 cm³/mol. The number of aryl methyl sites for hydroxylation is 1. The number of nitrogens with one attached hydrogen (secondary N) is 1. The van der Waals surface area contributed by atoms with Crippen molar-refractivity contribution in [3.8, 4) is 0 Å². The maximum Gasteiger partial charge on any atom is 0.294 e. The van der Waals surface area contributed by atoms with Crippen LogP contribution < -0.4 is 4.72 Å².